The van der Waals surface area contributed by atoms with Crippen LogP contribution in [0.5, 0.6) is 0 Å². The largest absolute Gasteiger partial charge is 0.458 e. The molecule has 0 aliphatic carbocycles. The SMILES string of the molecule is CCCCCCCCCCCC(=O)OC(=O)CCC(N)C(=O)OC(CCCCCC)(CCCCCC)CCCCCCCCC. The van der Waals surface area contributed by atoms with Crippen molar-refractivity contribution in [1.29, 1.82) is 0 Å². The van der Waals surface area contributed by atoms with Crippen LogP contribution in [0.1, 0.15) is 220 Å². The van der Waals surface area contributed by atoms with E-state index in [0.717, 1.165) is 77.0 Å². The van der Waals surface area contributed by atoms with Gasteiger partial charge in [0.25, 0.3) is 0 Å². The minimum Gasteiger partial charge on any atom is -0.458 e. The molecule has 0 aliphatic heterocycles. The van der Waals surface area contributed by atoms with Gasteiger partial charge in [-0.15, -0.1) is 0 Å². The standard InChI is InChI=1S/C39H75NO5/c1-5-9-13-17-19-20-21-23-25-29-36(41)44-37(42)31-30-35(40)38(43)45-39(32-26-15-11-7-3,33-27-16-12-8-4)34-28-24-22-18-14-10-6-2/h35H,5-34,40H2,1-4H3. The molecule has 45 heavy (non-hydrogen) atoms. The summed E-state index contributed by atoms with van der Waals surface area (Å²) in [4.78, 5) is 37.8. The molecule has 2 N–H and O–H groups in total. The molecule has 6 nitrogen and oxygen atoms in total. The Balaban J connectivity index is 4.84. The van der Waals surface area contributed by atoms with Gasteiger partial charge in [0.15, 0.2) is 0 Å². The van der Waals surface area contributed by atoms with Gasteiger partial charge in [0, 0.05) is 12.8 Å². The molecule has 0 aromatic rings. The molecule has 0 amide bonds. The third-order valence-electron chi connectivity index (χ3n) is 9.20. The molecule has 0 spiro atoms. The van der Waals surface area contributed by atoms with E-state index >= 15 is 0 Å². The predicted octanol–water partition coefficient (Wildman–Crippen LogP) is 11.4. The van der Waals surface area contributed by atoms with E-state index in [0.29, 0.717) is 0 Å². The fourth-order valence-electron chi connectivity index (χ4n) is 6.17. The number of rotatable bonds is 33. The molecule has 0 saturated carbocycles. The average molecular weight is 638 g/mol. The van der Waals surface area contributed by atoms with Crippen LogP contribution in [-0.4, -0.2) is 29.6 Å². The highest BCUT2D eigenvalue weighted by Crippen LogP contribution is 2.33. The van der Waals surface area contributed by atoms with Crippen molar-refractivity contribution in [3.05, 3.63) is 0 Å². The molecular weight excluding hydrogens is 562 g/mol. The Bertz CT molecular complexity index is 698. The molecule has 0 aromatic carbocycles. The van der Waals surface area contributed by atoms with Crippen molar-refractivity contribution in [3.63, 3.8) is 0 Å². The van der Waals surface area contributed by atoms with E-state index in [-0.39, 0.29) is 19.3 Å². The number of esters is 3. The summed E-state index contributed by atoms with van der Waals surface area (Å²) < 4.78 is 11.4. The zero-order valence-corrected chi connectivity index (χ0v) is 30.4. The topological polar surface area (TPSA) is 95.7 Å². The van der Waals surface area contributed by atoms with Gasteiger partial charge in [0.2, 0.25) is 0 Å². The van der Waals surface area contributed by atoms with Gasteiger partial charge in [-0.05, 0) is 51.4 Å². The van der Waals surface area contributed by atoms with Crippen LogP contribution in [0.3, 0.4) is 0 Å². The highest BCUT2D eigenvalue weighted by molar-refractivity contribution is 5.86. The first-order valence-electron chi connectivity index (χ1n) is 19.6. The summed E-state index contributed by atoms with van der Waals surface area (Å²) >= 11 is 0. The van der Waals surface area contributed by atoms with Crippen LogP contribution in [0.15, 0.2) is 0 Å². The summed E-state index contributed by atoms with van der Waals surface area (Å²) in [6.07, 6.45) is 31.1. The number of ether oxygens (including phenoxy) is 2. The van der Waals surface area contributed by atoms with Crippen LogP contribution in [0.25, 0.3) is 0 Å². The minimum atomic E-state index is -0.898. The molecule has 1 atom stereocenters. The van der Waals surface area contributed by atoms with Crippen molar-refractivity contribution in [2.45, 2.75) is 232 Å². The Kier molecular flexibility index (Phi) is 30.2. The van der Waals surface area contributed by atoms with E-state index in [9.17, 15) is 14.4 Å². The quantitative estimate of drug-likeness (QED) is 0.0437. The Morgan fingerprint density at radius 1 is 0.489 bits per heavy atom. The van der Waals surface area contributed by atoms with Crippen molar-refractivity contribution in [2.24, 2.45) is 5.73 Å². The van der Waals surface area contributed by atoms with Gasteiger partial charge in [0.1, 0.15) is 11.6 Å². The summed E-state index contributed by atoms with van der Waals surface area (Å²) in [5.74, 6) is -1.50. The Labute approximate surface area is 279 Å². The van der Waals surface area contributed by atoms with Gasteiger partial charge in [-0.3, -0.25) is 14.4 Å². The van der Waals surface area contributed by atoms with Crippen LogP contribution in [0.4, 0.5) is 0 Å². The Hall–Kier alpha value is -1.43. The maximum absolute atomic E-state index is 13.3. The van der Waals surface area contributed by atoms with Crippen LogP contribution >= 0.6 is 0 Å². The number of carbonyl (C=O) groups is 3. The fraction of sp³-hybridized carbons (Fsp3) is 0.923. The number of carbonyl (C=O) groups excluding carboxylic acids is 3. The van der Waals surface area contributed by atoms with Crippen LogP contribution < -0.4 is 5.73 Å². The second-order valence-electron chi connectivity index (χ2n) is 13.7. The first-order valence-corrected chi connectivity index (χ1v) is 19.6. The molecular formula is C39H75NO5. The van der Waals surface area contributed by atoms with E-state index in [4.69, 9.17) is 15.2 Å². The Morgan fingerprint density at radius 3 is 1.24 bits per heavy atom. The fourth-order valence-corrected chi connectivity index (χ4v) is 6.17. The van der Waals surface area contributed by atoms with Gasteiger partial charge in [-0.1, -0.05) is 156 Å². The average Bonchev–Trinajstić information content (AvgIpc) is 3.02. The van der Waals surface area contributed by atoms with Crippen molar-refractivity contribution in [1.82, 2.24) is 0 Å². The van der Waals surface area contributed by atoms with Crippen molar-refractivity contribution < 1.29 is 23.9 Å². The van der Waals surface area contributed by atoms with Crippen molar-refractivity contribution in [2.75, 3.05) is 0 Å². The molecule has 6 heteroatoms. The van der Waals surface area contributed by atoms with Gasteiger partial charge in [-0.25, -0.2) is 0 Å². The highest BCUT2D eigenvalue weighted by atomic mass is 16.6. The lowest BCUT2D eigenvalue weighted by Gasteiger charge is -2.35. The maximum Gasteiger partial charge on any atom is 0.323 e. The normalized spacial score (nSPS) is 12.3. The predicted molar refractivity (Wildman–Crippen MR) is 189 cm³/mol. The van der Waals surface area contributed by atoms with E-state index in [1.165, 1.54) is 96.3 Å². The second kappa shape index (κ2) is 31.2. The smallest absolute Gasteiger partial charge is 0.323 e. The van der Waals surface area contributed by atoms with Gasteiger partial charge in [-0.2, -0.15) is 0 Å². The number of hydrogen-bond donors (Lipinski definition) is 1. The lowest BCUT2D eigenvalue weighted by molar-refractivity contribution is -0.165. The molecule has 0 rings (SSSR count). The molecule has 0 heterocycles. The van der Waals surface area contributed by atoms with Crippen LogP contribution in [0.2, 0.25) is 0 Å². The summed E-state index contributed by atoms with van der Waals surface area (Å²) in [5, 5.41) is 0. The molecule has 0 fully saturated rings. The molecule has 0 aliphatic rings. The molecule has 0 radical (unpaired) electrons. The second-order valence-corrected chi connectivity index (χ2v) is 13.7. The maximum atomic E-state index is 13.3. The zero-order valence-electron chi connectivity index (χ0n) is 30.4. The summed E-state index contributed by atoms with van der Waals surface area (Å²) in [6.45, 7) is 8.89. The van der Waals surface area contributed by atoms with Crippen molar-refractivity contribution >= 4 is 17.9 Å². The van der Waals surface area contributed by atoms with Crippen LogP contribution in [-0.2, 0) is 23.9 Å². The van der Waals surface area contributed by atoms with E-state index < -0.39 is 29.6 Å². The Morgan fingerprint density at radius 2 is 0.822 bits per heavy atom. The van der Waals surface area contributed by atoms with E-state index in [1.54, 1.807) is 0 Å². The van der Waals surface area contributed by atoms with Crippen LogP contribution in [0, 0.1) is 0 Å². The van der Waals surface area contributed by atoms with E-state index in [2.05, 4.69) is 27.7 Å². The van der Waals surface area contributed by atoms with Gasteiger partial charge in [0.05, 0.1) is 0 Å². The molecule has 266 valence electrons. The molecule has 0 saturated heterocycles. The monoisotopic (exact) mass is 638 g/mol. The minimum absolute atomic E-state index is 0.0580. The van der Waals surface area contributed by atoms with Gasteiger partial charge < -0.3 is 15.2 Å². The number of nitrogens with two attached hydrogens (primary N) is 1. The lowest BCUT2D eigenvalue weighted by atomic mass is 9.84. The number of unbranched alkanes of at least 4 members (excludes halogenated alkanes) is 20. The summed E-state index contributed by atoms with van der Waals surface area (Å²) in [5.41, 5.74) is 5.80. The van der Waals surface area contributed by atoms with E-state index in [1.807, 2.05) is 0 Å². The van der Waals surface area contributed by atoms with Gasteiger partial charge >= 0.3 is 17.9 Å². The third-order valence-corrected chi connectivity index (χ3v) is 9.20. The lowest BCUT2D eigenvalue weighted by Crippen LogP contribution is -2.42. The molecule has 1 unspecified atom stereocenters. The first kappa shape index (κ1) is 43.6. The molecule has 0 aromatic heterocycles. The summed E-state index contributed by atoms with van der Waals surface area (Å²) in [6, 6.07) is -0.898. The van der Waals surface area contributed by atoms with Crippen molar-refractivity contribution in [3.8, 4) is 0 Å². The first-order chi connectivity index (χ1) is 21.8. The molecule has 0 bridgehead atoms. The third kappa shape index (κ3) is 26.3. The number of hydrogen-bond acceptors (Lipinski definition) is 6. The zero-order chi connectivity index (χ0) is 33.4. The summed E-state index contributed by atoms with van der Waals surface area (Å²) in [7, 11) is 0. The highest BCUT2D eigenvalue weighted by Gasteiger charge is 2.34.